The molecule has 0 radical (unpaired) electrons. The van der Waals surface area contributed by atoms with E-state index < -0.39 is 11.7 Å². The van der Waals surface area contributed by atoms with Crippen LogP contribution in [-0.2, 0) is 6.18 Å². The van der Waals surface area contributed by atoms with Crippen molar-refractivity contribution in [3.63, 3.8) is 0 Å². The summed E-state index contributed by atoms with van der Waals surface area (Å²) in [5.74, 6) is 6.00. The summed E-state index contributed by atoms with van der Waals surface area (Å²) in [6, 6.07) is 21.0. The van der Waals surface area contributed by atoms with Crippen LogP contribution in [0.15, 0.2) is 72.8 Å². The Bertz CT molecular complexity index is 993. The number of rotatable bonds is 2. The van der Waals surface area contributed by atoms with Gasteiger partial charge < -0.3 is 4.90 Å². The molecule has 136 valence electrons. The third-order valence-corrected chi connectivity index (χ3v) is 4.15. The molecule has 0 aliphatic rings. The van der Waals surface area contributed by atoms with Crippen molar-refractivity contribution in [2.45, 2.75) is 6.18 Å². The number of hydrogen-bond donors (Lipinski definition) is 0. The number of halogens is 3. The van der Waals surface area contributed by atoms with Gasteiger partial charge in [-0.25, -0.2) is 0 Å². The number of benzene rings is 3. The highest BCUT2D eigenvalue weighted by Crippen LogP contribution is 2.32. The molecule has 0 aliphatic heterocycles. The van der Waals surface area contributed by atoms with Crippen LogP contribution in [0.5, 0.6) is 0 Å². The molecule has 0 atom stereocenters. The van der Waals surface area contributed by atoms with Gasteiger partial charge in [-0.05, 0) is 35.4 Å². The third kappa shape index (κ3) is 4.32. The van der Waals surface area contributed by atoms with E-state index in [0.717, 1.165) is 28.8 Å². The van der Waals surface area contributed by atoms with Gasteiger partial charge in [0.15, 0.2) is 0 Å². The zero-order chi connectivity index (χ0) is 19.4. The molecule has 0 amide bonds. The summed E-state index contributed by atoms with van der Waals surface area (Å²) < 4.78 is 39.3. The van der Waals surface area contributed by atoms with Crippen LogP contribution < -0.4 is 4.90 Å². The Balaban J connectivity index is 2.09. The van der Waals surface area contributed by atoms with Crippen LogP contribution in [0.1, 0.15) is 16.7 Å². The van der Waals surface area contributed by atoms with Gasteiger partial charge in [0.05, 0.1) is 11.3 Å². The highest BCUT2D eigenvalue weighted by atomic mass is 19.4. The molecule has 3 aromatic carbocycles. The summed E-state index contributed by atoms with van der Waals surface area (Å²) >= 11 is 0. The van der Waals surface area contributed by atoms with Crippen LogP contribution in [0.25, 0.3) is 11.1 Å². The Kier molecular flexibility index (Phi) is 5.23. The van der Waals surface area contributed by atoms with E-state index in [9.17, 15) is 13.2 Å². The van der Waals surface area contributed by atoms with Crippen molar-refractivity contribution >= 4 is 5.69 Å². The van der Waals surface area contributed by atoms with Crippen molar-refractivity contribution in [3.05, 3.63) is 89.5 Å². The van der Waals surface area contributed by atoms with E-state index in [4.69, 9.17) is 0 Å². The number of hydrogen-bond acceptors (Lipinski definition) is 1. The Labute approximate surface area is 157 Å². The highest BCUT2D eigenvalue weighted by molar-refractivity contribution is 5.72. The molecule has 0 N–H and O–H groups in total. The van der Waals surface area contributed by atoms with E-state index >= 15 is 0 Å². The lowest BCUT2D eigenvalue weighted by Crippen LogP contribution is -2.12. The van der Waals surface area contributed by atoms with Crippen LogP contribution in [0, 0.1) is 11.8 Å². The van der Waals surface area contributed by atoms with Gasteiger partial charge >= 0.3 is 6.18 Å². The Morgan fingerprint density at radius 3 is 2.04 bits per heavy atom. The SMILES string of the molecule is CN(C)c1ccc(C(F)(F)F)cc1C#Cc1ccccc1-c1ccccc1. The first kappa shape index (κ1) is 18.6. The second-order valence-corrected chi connectivity index (χ2v) is 6.29. The summed E-state index contributed by atoms with van der Waals surface area (Å²) in [5, 5.41) is 0. The highest BCUT2D eigenvalue weighted by Gasteiger charge is 2.31. The number of nitrogens with zero attached hydrogens (tertiary/aromatic N) is 1. The van der Waals surface area contributed by atoms with E-state index in [0.29, 0.717) is 11.3 Å². The lowest BCUT2D eigenvalue weighted by Gasteiger charge is -2.16. The van der Waals surface area contributed by atoms with Gasteiger partial charge in [-0.15, -0.1) is 0 Å². The number of anilines is 1. The van der Waals surface area contributed by atoms with Crippen LogP contribution in [0.3, 0.4) is 0 Å². The zero-order valence-electron chi connectivity index (χ0n) is 15.0. The fraction of sp³-hybridized carbons (Fsp3) is 0.130. The lowest BCUT2D eigenvalue weighted by atomic mass is 9.99. The molecule has 0 unspecified atom stereocenters. The van der Waals surface area contributed by atoms with Crippen LogP contribution in [0.2, 0.25) is 0 Å². The monoisotopic (exact) mass is 365 g/mol. The van der Waals surface area contributed by atoms with Crippen molar-refractivity contribution in [2.75, 3.05) is 19.0 Å². The molecule has 0 aromatic heterocycles. The third-order valence-electron chi connectivity index (χ3n) is 4.15. The normalized spacial score (nSPS) is 10.9. The first-order valence-electron chi connectivity index (χ1n) is 8.41. The molecule has 0 bridgehead atoms. The molecule has 1 nitrogen and oxygen atoms in total. The molecule has 0 saturated carbocycles. The van der Waals surface area contributed by atoms with E-state index in [2.05, 4.69) is 11.8 Å². The predicted octanol–water partition coefficient (Wildman–Crippen LogP) is 5.84. The molecule has 0 fully saturated rings. The zero-order valence-corrected chi connectivity index (χ0v) is 15.0. The lowest BCUT2D eigenvalue weighted by molar-refractivity contribution is -0.137. The second-order valence-electron chi connectivity index (χ2n) is 6.29. The summed E-state index contributed by atoms with van der Waals surface area (Å²) in [6.45, 7) is 0. The van der Waals surface area contributed by atoms with Crippen LogP contribution >= 0.6 is 0 Å². The maximum atomic E-state index is 13.1. The average Bonchev–Trinajstić information content (AvgIpc) is 2.66. The average molecular weight is 365 g/mol. The largest absolute Gasteiger partial charge is 0.416 e. The fourth-order valence-corrected chi connectivity index (χ4v) is 2.80. The van der Waals surface area contributed by atoms with Gasteiger partial charge in [0.1, 0.15) is 0 Å². The van der Waals surface area contributed by atoms with Crippen molar-refractivity contribution in [1.82, 2.24) is 0 Å². The maximum absolute atomic E-state index is 13.1. The Morgan fingerprint density at radius 1 is 0.741 bits per heavy atom. The van der Waals surface area contributed by atoms with Gasteiger partial charge in [-0.2, -0.15) is 13.2 Å². The molecular formula is C23H18F3N. The van der Waals surface area contributed by atoms with Crippen molar-refractivity contribution in [3.8, 4) is 23.0 Å². The molecule has 4 heteroatoms. The molecule has 0 heterocycles. The van der Waals surface area contributed by atoms with E-state index in [1.54, 1.807) is 19.0 Å². The van der Waals surface area contributed by atoms with Gasteiger partial charge in [0.2, 0.25) is 0 Å². The molecule has 0 saturated heterocycles. The van der Waals surface area contributed by atoms with Gasteiger partial charge in [-0.3, -0.25) is 0 Å². The molecular weight excluding hydrogens is 347 g/mol. The smallest absolute Gasteiger partial charge is 0.377 e. The van der Waals surface area contributed by atoms with E-state index in [1.165, 1.54) is 6.07 Å². The molecule has 3 rings (SSSR count). The number of alkyl halides is 3. The van der Waals surface area contributed by atoms with Crippen LogP contribution in [0.4, 0.5) is 18.9 Å². The Hall–Kier alpha value is -3.19. The van der Waals surface area contributed by atoms with E-state index in [-0.39, 0.29) is 0 Å². The summed E-state index contributed by atoms with van der Waals surface area (Å²) in [6.07, 6.45) is -4.40. The summed E-state index contributed by atoms with van der Waals surface area (Å²) in [5.41, 5.74) is 3.02. The molecule has 0 spiro atoms. The summed E-state index contributed by atoms with van der Waals surface area (Å²) in [4.78, 5) is 1.76. The van der Waals surface area contributed by atoms with Crippen molar-refractivity contribution in [1.29, 1.82) is 0 Å². The minimum Gasteiger partial charge on any atom is -0.377 e. The molecule has 3 aromatic rings. The quantitative estimate of drug-likeness (QED) is 0.516. The molecule has 0 aliphatic carbocycles. The second kappa shape index (κ2) is 7.59. The summed E-state index contributed by atoms with van der Waals surface area (Å²) in [7, 11) is 3.57. The van der Waals surface area contributed by atoms with E-state index in [1.807, 2.05) is 54.6 Å². The topological polar surface area (TPSA) is 3.24 Å². The first-order chi connectivity index (χ1) is 12.9. The standard InChI is InChI=1S/C23H18F3N/c1-27(2)22-15-14-20(23(24,25)26)16-19(22)13-12-18-10-6-7-11-21(18)17-8-4-3-5-9-17/h3-11,14-16H,1-2H3. The fourth-order valence-electron chi connectivity index (χ4n) is 2.80. The van der Waals surface area contributed by atoms with Crippen LogP contribution in [-0.4, -0.2) is 14.1 Å². The predicted molar refractivity (Wildman–Crippen MR) is 104 cm³/mol. The van der Waals surface area contributed by atoms with Gasteiger partial charge in [0, 0.05) is 25.2 Å². The minimum atomic E-state index is -4.40. The van der Waals surface area contributed by atoms with Crippen molar-refractivity contribution < 1.29 is 13.2 Å². The van der Waals surface area contributed by atoms with Crippen molar-refractivity contribution in [2.24, 2.45) is 0 Å². The minimum absolute atomic E-state index is 0.345. The first-order valence-corrected chi connectivity index (χ1v) is 8.41. The van der Waals surface area contributed by atoms with Gasteiger partial charge in [0.25, 0.3) is 0 Å². The Morgan fingerprint density at radius 2 is 1.37 bits per heavy atom. The molecule has 27 heavy (non-hydrogen) atoms. The van der Waals surface area contributed by atoms with Gasteiger partial charge in [-0.1, -0.05) is 60.4 Å². The maximum Gasteiger partial charge on any atom is 0.416 e.